The van der Waals surface area contributed by atoms with Gasteiger partial charge in [0.05, 0.1) is 6.61 Å². The van der Waals surface area contributed by atoms with E-state index >= 15 is 0 Å². The van der Waals surface area contributed by atoms with Gasteiger partial charge in [-0.25, -0.2) is 0 Å². The molecule has 0 amide bonds. The number of ether oxygens (including phenoxy) is 1. The van der Waals surface area contributed by atoms with Crippen molar-refractivity contribution in [3.8, 4) is 11.5 Å². The number of rotatable bonds is 3. The van der Waals surface area contributed by atoms with Gasteiger partial charge >= 0.3 is 0 Å². The van der Waals surface area contributed by atoms with Crippen LogP contribution in [-0.2, 0) is 0 Å². The van der Waals surface area contributed by atoms with Gasteiger partial charge in [0, 0.05) is 0 Å². The van der Waals surface area contributed by atoms with Crippen LogP contribution < -0.4 is 4.74 Å². The van der Waals surface area contributed by atoms with Gasteiger partial charge in [-0.1, -0.05) is 19.9 Å². The zero-order valence-electron chi connectivity index (χ0n) is 7.37. The minimum Gasteiger partial charge on any atom is -0.504 e. The number of benzene rings is 1. The lowest BCUT2D eigenvalue weighted by Gasteiger charge is -2.09. The predicted molar refractivity (Wildman–Crippen MR) is 47.3 cm³/mol. The van der Waals surface area contributed by atoms with Crippen LogP contribution in [0.25, 0.3) is 0 Å². The Hall–Kier alpha value is -1.18. The summed E-state index contributed by atoms with van der Waals surface area (Å²) in [5.41, 5.74) is 0. The first-order valence-corrected chi connectivity index (χ1v) is 4.02. The minimum absolute atomic E-state index is 0.151. The van der Waals surface area contributed by atoms with Gasteiger partial charge in [-0.3, -0.25) is 0 Å². The van der Waals surface area contributed by atoms with Crippen LogP contribution in [0.2, 0.25) is 0 Å². The van der Waals surface area contributed by atoms with Gasteiger partial charge in [-0.15, -0.1) is 0 Å². The molecule has 0 saturated carbocycles. The third-order valence-corrected chi connectivity index (χ3v) is 1.38. The average Bonchev–Trinajstić information content (AvgIpc) is 2.03. The first-order valence-electron chi connectivity index (χ1n) is 4.02. The van der Waals surface area contributed by atoms with Crippen molar-refractivity contribution >= 4 is 0 Å². The predicted octanol–water partition coefficient (Wildman–Crippen LogP) is 2.23. The van der Waals surface area contributed by atoms with Crippen molar-refractivity contribution in [2.75, 3.05) is 6.61 Å². The Bertz CT molecular complexity index is 243. The van der Waals surface area contributed by atoms with Crippen molar-refractivity contribution in [2.24, 2.45) is 5.92 Å². The lowest BCUT2D eigenvalue weighted by atomic mass is 10.2. The van der Waals surface area contributed by atoms with Gasteiger partial charge in [-0.2, -0.15) is 0 Å². The smallest absolute Gasteiger partial charge is 0.160 e. The molecule has 2 nitrogen and oxygen atoms in total. The lowest BCUT2D eigenvalue weighted by molar-refractivity contribution is 0.259. The molecule has 65 valence electrons. The fraction of sp³-hybridized carbons (Fsp3) is 0.400. The summed E-state index contributed by atoms with van der Waals surface area (Å²) in [4.78, 5) is 0. The molecule has 1 aromatic carbocycles. The highest BCUT2D eigenvalue weighted by atomic mass is 16.5. The Morgan fingerprint density at radius 3 is 2.92 bits per heavy atom. The molecule has 12 heavy (non-hydrogen) atoms. The summed E-state index contributed by atoms with van der Waals surface area (Å²) in [7, 11) is 0. The minimum atomic E-state index is 0.151. The molecule has 0 fully saturated rings. The molecule has 2 heteroatoms. The van der Waals surface area contributed by atoms with Gasteiger partial charge in [-0.05, 0) is 24.1 Å². The summed E-state index contributed by atoms with van der Waals surface area (Å²) >= 11 is 0. The standard InChI is InChI=1S/C10H13O2/c1-8(2)7-12-10-6-4-3-5-9(10)11/h4-6,8,11H,7H2,1-2H3. The van der Waals surface area contributed by atoms with Crippen LogP contribution in [0.5, 0.6) is 11.5 Å². The van der Waals surface area contributed by atoms with E-state index in [1.54, 1.807) is 12.1 Å². The molecule has 1 rings (SSSR count). The SMILES string of the molecule is CC(C)COc1cc[c]cc1O. The number of hydrogen-bond acceptors (Lipinski definition) is 2. The molecule has 1 N–H and O–H groups in total. The van der Waals surface area contributed by atoms with Crippen LogP contribution >= 0.6 is 0 Å². The molecule has 0 atom stereocenters. The Kier molecular flexibility index (Phi) is 2.97. The second-order valence-corrected chi connectivity index (χ2v) is 3.10. The maximum atomic E-state index is 9.27. The van der Waals surface area contributed by atoms with E-state index in [1.807, 2.05) is 0 Å². The van der Waals surface area contributed by atoms with Crippen molar-refractivity contribution in [3.63, 3.8) is 0 Å². The first-order chi connectivity index (χ1) is 5.70. The number of hydrogen-bond donors (Lipinski definition) is 1. The summed E-state index contributed by atoms with van der Waals surface area (Å²) in [5, 5.41) is 9.27. The number of aromatic hydroxyl groups is 1. The molecular weight excluding hydrogens is 152 g/mol. The van der Waals surface area contributed by atoms with E-state index in [2.05, 4.69) is 19.9 Å². The molecule has 0 heterocycles. The van der Waals surface area contributed by atoms with E-state index in [0.29, 0.717) is 18.3 Å². The maximum Gasteiger partial charge on any atom is 0.160 e. The van der Waals surface area contributed by atoms with E-state index in [1.165, 1.54) is 6.07 Å². The summed E-state index contributed by atoms with van der Waals surface area (Å²) in [5.74, 6) is 1.15. The van der Waals surface area contributed by atoms with Crippen molar-refractivity contribution in [1.29, 1.82) is 0 Å². The summed E-state index contributed by atoms with van der Waals surface area (Å²) in [6.45, 7) is 4.75. The monoisotopic (exact) mass is 165 g/mol. The second kappa shape index (κ2) is 4.00. The van der Waals surface area contributed by atoms with Crippen LogP contribution in [0, 0.1) is 12.0 Å². The highest BCUT2D eigenvalue weighted by molar-refractivity contribution is 5.37. The van der Waals surface area contributed by atoms with Crippen molar-refractivity contribution < 1.29 is 9.84 Å². The van der Waals surface area contributed by atoms with Crippen LogP contribution in [0.1, 0.15) is 13.8 Å². The van der Waals surface area contributed by atoms with Crippen LogP contribution in [0.3, 0.4) is 0 Å². The van der Waals surface area contributed by atoms with Gasteiger partial charge in [0.1, 0.15) is 0 Å². The summed E-state index contributed by atoms with van der Waals surface area (Å²) in [6.07, 6.45) is 0. The van der Waals surface area contributed by atoms with E-state index < -0.39 is 0 Å². The highest BCUT2D eigenvalue weighted by Crippen LogP contribution is 2.24. The molecule has 0 unspecified atom stereocenters. The van der Waals surface area contributed by atoms with Crippen LogP contribution in [0.15, 0.2) is 18.2 Å². The fourth-order valence-corrected chi connectivity index (χ4v) is 0.786. The van der Waals surface area contributed by atoms with E-state index in [-0.39, 0.29) is 5.75 Å². The van der Waals surface area contributed by atoms with Crippen molar-refractivity contribution in [1.82, 2.24) is 0 Å². The van der Waals surface area contributed by atoms with E-state index in [4.69, 9.17) is 4.74 Å². The Balaban J connectivity index is 2.57. The van der Waals surface area contributed by atoms with E-state index in [9.17, 15) is 5.11 Å². The summed E-state index contributed by atoms with van der Waals surface area (Å²) < 4.78 is 5.33. The third-order valence-electron chi connectivity index (χ3n) is 1.38. The second-order valence-electron chi connectivity index (χ2n) is 3.10. The Morgan fingerprint density at radius 1 is 1.58 bits per heavy atom. The van der Waals surface area contributed by atoms with Crippen LogP contribution in [-0.4, -0.2) is 11.7 Å². The molecule has 0 aromatic heterocycles. The van der Waals surface area contributed by atoms with E-state index in [0.717, 1.165) is 0 Å². The zero-order valence-corrected chi connectivity index (χ0v) is 7.37. The number of phenolic OH excluding ortho intramolecular Hbond substituents is 1. The molecule has 0 aliphatic carbocycles. The normalized spacial score (nSPS) is 10.2. The van der Waals surface area contributed by atoms with Crippen molar-refractivity contribution in [3.05, 3.63) is 24.3 Å². The molecule has 0 saturated heterocycles. The van der Waals surface area contributed by atoms with Gasteiger partial charge in [0.15, 0.2) is 11.5 Å². The molecule has 0 aliphatic heterocycles. The third kappa shape index (κ3) is 2.46. The quantitative estimate of drug-likeness (QED) is 0.744. The molecule has 1 aromatic rings. The highest BCUT2D eigenvalue weighted by Gasteiger charge is 2.00. The fourth-order valence-electron chi connectivity index (χ4n) is 0.786. The molecular formula is C10H13O2. The molecule has 0 spiro atoms. The van der Waals surface area contributed by atoms with Crippen molar-refractivity contribution in [2.45, 2.75) is 13.8 Å². The Morgan fingerprint density at radius 2 is 2.33 bits per heavy atom. The number of phenols is 1. The maximum absolute atomic E-state index is 9.27. The van der Waals surface area contributed by atoms with Gasteiger partial charge in [0.25, 0.3) is 0 Å². The topological polar surface area (TPSA) is 29.5 Å². The zero-order chi connectivity index (χ0) is 8.97. The Labute approximate surface area is 72.8 Å². The summed E-state index contributed by atoms with van der Waals surface area (Å²) in [6, 6.07) is 7.68. The van der Waals surface area contributed by atoms with Gasteiger partial charge in [0.2, 0.25) is 0 Å². The van der Waals surface area contributed by atoms with Crippen LogP contribution in [0.4, 0.5) is 0 Å². The average molecular weight is 165 g/mol. The lowest BCUT2D eigenvalue weighted by Crippen LogP contribution is -2.04. The first kappa shape index (κ1) is 8.91. The molecule has 1 radical (unpaired) electrons. The van der Waals surface area contributed by atoms with Gasteiger partial charge < -0.3 is 9.84 Å². The molecule has 0 aliphatic rings. The molecule has 0 bridgehead atoms. The largest absolute Gasteiger partial charge is 0.504 e.